The van der Waals surface area contributed by atoms with Crippen LogP contribution in [-0.2, 0) is 17.7 Å². The van der Waals surface area contributed by atoms with Crippen molar-refractivity contribution in [2.45, 2.75) is 13.0 Å². The standard InChI is InChI=1S/C17H20ClN5O2.2ClH/c18-12-2-1-3-14(16(12)23-6-8-25-9-7-23)20-17(24)15-11-10-19-5-4-13(11)21-22-15;;/h1-3,19H,4-10H2,(H,20,24)(H,21,22);2*1H. The number of hydrogen-bond donors (Lipinski definition) is 3. The summed E-state index contributed by atoms with van der Waals surface area (Å²) in [5.74, 6) is -0.224. The molecule has 1 saturated heterocycles. The van der Waals surface area contributed by atoms with Gasteiger partial charge in [-0.2, -0.15) is 5.10 Å². The molecule has 3 heterocycles. The number of rotatable bonds is 3. The Balaban J connectivity index is 0.00000131. The van der Waals surface area contributed by atoms with Crippen LogP contribution in [0.1, 0.15) is 21.7 Å². The average Bonchev–Trinajstić information content (AvgIpc) is 3.07. The van der Waals surface area contributed by atoms with Gasteiger partial charge in [-0.1, -0.05) is 17.7 Å². The maximum atomic E-state index is 12.8. The molecule has 1 aromatic heterocycles. The van der Waals surface area contributed by atoms with Gasteiger partial charge in [-0.25, -0.2) is 0 Å². The lowest BCUT2D eigenvalue weighted by Gasteiger charge is -2.31. The van der Waals surface area contributed by atoms with Gasteiger partial charge < -0.3 is 20.3 Å². The molecular weight excluding hydrogens is 413 g/mol. The van der Waals surface area contributed by atoms with Crippen LogP contribution >= 0.6 is 36.4 Å². The number of para-hydroxylation sites is 1. The number of benzene rings is 1. The van der Waals surface area contributed by atoms with Gasteiger partial charge >= 0.3 is 0 Å². The largest absolute Gasteiger partial charge is 0.378 e. The Hall–Kier alpha value is -1.51. The number of anilines is 2. The number of carbonyl (C=O) groups excluding carboxylic acids is 1. The normalized spacial score (nSPS) is 16.0. The Morgan fingerprint density at radius 2 is 2.04 bits per heavy atom. The number of aromatic nitrogens is 2. The first-order valence-electron chi connectivity index (χ1n) is 8.43. The summed E-state index contributed by atoms with van der Waals surface area (Å²) in [7, 11) is 0. The molecule has 0 spiro atoms. The van der Waals surface area contributed by atoms with Crippen molar-refractivity contribution in [2.75, 3.05) is 43.1 Å². The maximum Gasteiger partial charge on any atom is 0.276 e. The van der Waals surface area contributed by atoms with Gasteiger partial charge in [0, 0.05) is 43.9 Å². The van der Waals surface area contributed by atoms with Crippen molar-refractivity contribution in [3.05, 3.63) is 40.2 Å². The Bertz CT molecular complexity index is 793. The van der Waals surface area contributed by atoms with Gasteiger partial charge in [0.15, 0.2) is 5.69 Å². The average molecular weight is 435 g/mol. The summed E-state index contributed by atoms with van der Waals surface area (Å²) in [5.41, 5.74) is 3.94. The number of halogens is 3. The molecule has 0 bridgehead atoms. The van der Waals surface area contributed by atoms with E-state index in [1.807, 2.05) is 18.2 Å². The van der Waals surface area contributed by atoms with Crippen LogP contribution in [0.5, 0.6) is 0 Å². The summed E-state index contributed by atoms with van der Waals surface area (Å²) in [6.45, 7) is 4.34. The van der Waals surface area contributed by atoms with Gasteiger partial charge in [0.05, 0.1) is 29.6 Å². The summed E-state index contributed by atoms with van der Waals surface area (Å²) in [5, 5.41) is 14.1. The summed E-state index contributed by atoms with van der Waals surface area (Å²) >= 11 is 6.42. The first-order chi connectivity index (χ1) is 12.2. The van der Waals surface area contributed by atoms with E-state index in [1.54, 1.807) is 0 Å². The van der Waals surface area contributed by atoms with Crippen molar-refractivity contribution in [1.29, 1.82) is 0 Å². The Kier molecular flexibility index (Phi) is 7.76. The number of nitrogens with zero attached hydrogens (tertiary/aromatic N) is 2. The second-order valence-electron chi connectivity index (χ2n) is 6.15. The highest BCUT2D eigenvalue weighted by atomic mass is 35.5. The third-order valence-electron chi connectivity index (χ3n) is 4.58. The zero-order valence-corrected chi connectivity index (χ0v) is 17.0. The van der Waals surface area contributed by atoms with E-state index in [2.05, 4.69) is 25.7 Å². The molecule has 0 aliphatic carbocycles. The fraction of sp³-hybridized carbons (Fsp3) is 0.412. The lowest BCUT2D eigenvalue weighted by atomic mass is 10.1. The quantitative estimate of drug-likeness (QED) is 0.692. The lowest BCUT2D eigenvalue weighted by Crippen LogP contribution is -2.37. The van der Waals surface area contributed by atoms with Crippen LogP contribution in [-0.4, -0.2) is 49.0 Å². The topological polar surface area (TPSA) is 82.3 Å². The van der Waals surface area contributed by atoms with Gasteiger partial charge in [-0.05, 0) is 12.1 Å². The summed E-state index contributed by atoms with van der Waals surface area (Å²) in [4.78, 5) is 14.9. The third-order valence-corrected chi connectivity index (χ3v) is 4.89. The van der Waals surface area contributed by atoms with E-state index in [4.69, 9.17) is 16.3 Å². The summed E-state index contributed by atoms with van der Waals surface area (Å²) in [6.07, 6.45) is 0.853. The van der Waals surface area contributed by atoms with Gasteiger partial charge in [-0.15, -0.1) is 24.8 Å². The van der Waals surface area contributed by atoms with Gasteiger partial charge in [-0.3, -0.25) is 9.89 Å². The zero-order chi connectivity index (χ0) is 17.2. The van der Waals surface area contributed by atoms with Crippen LogP contribution in [0.3, 0.4) is 0 Å². The summed E-state index contributed by atoms with van der Waals surface area (Å²) < 4.78 is 5.41. The number of carbonyl (C=O) groups is 1. The van der Waals surface area contributed by atoms with Crippen LogP contribution < -0.4 is 15.5 Å². The molecule has 1 aromatic carbocycles. The molecule has 10 heteroatoms. The number of amides is 1. The monoisotopic (exact) mass is 433 g/mol. The number of hydrogen-bond acceptors (Lipinski definition) is 5. The molecule has 7 nitrogen and oxygen atoms in total. The molecule has 0 radical (unpaired) electrons. The van der Waals surface area contributed by atoms with Crippen molar-refractivity contribution in [3.8, 4) is 0 Å². The number of morpholine rings is 1. The van der Waals surface area contributed by atoms with E-state index in [-0.39, 0.29) is 30.7 Å². The first-order valence-corrected chi connectivity index (χ1v) is 8.81. The molecule has 0 atom stereocenters. The van der Waals surface area contributed by atoms with Crippen LogP contribution in [0.25, 0.3) is 0 Å². The Morgan fingerprint density at radius 3 is 2.81 bits per heavy atom. The molecular formula is C17H22Cl3N5O2. The fourth-order valence-electron chi connectivity index (χ4n) is 3.32. The number of ether oxygens (including phenoxy) is 1. The van der Waals surface area contributed by atoms with E-state index in [9.17, 15) is 4.79 Å². The molecule has 27 heavy (non-hydrogen) atoms. The van der Waals surface area contributed by atoms with Gasteiger partial charge in [0.25, 0.3) is 5.91 Å². The smallest absolute Gasteiger partial charge is 0.276 e. The molecule has 1 fully saturated rings. The molecule has 0 saturated carbocycles. The van der Waals surface area contributed by atoms with Crippen LogP contribution in [0.15, 0.2) is 18.2 Å². The van der Waals surface area contributed by atoms with E-state index >= 15 is 0 Å². The Morgan fingerprint density at radius 1 is 1.26 bits per heavy atom. The number of aromatic amines is 1. The first kappa shape index (κ1) is 21.8. The molecule has 1 amide bonds. The second kappa shape index (κ2) is 9.61. The zero-order valence-electron chi connectivity index (χ0n) is 14.6. The SMILES string of the molecule is Cl.Cl.O=C(Nc1cccc(Cl)c1N1CCOCC1)c1n[nH]c2c1CNCC2. The van der Waals surface area contributed by atoms with Crippen molar-refractivity contribution in [1.82, 2.24) is 15.5 Å². The van der Waals surface area contributed by atoms with E-state index in [0.29, 0.717) is 36.2 Å². The third kappa shape index (κ3) is 4.50. The molecule has 2 aromatic rings. The summed E-state index contributed by atoms with van der Waals surface area (Å²) in [6, 6.07) is 5.54. The molecule has 2 aliphatic heterocycles. The molecule has 0 unspecified atom stereocenters. The minimum Gasteiger partial charge on any atom is -0.378 e. The number of H-pyrrole nitrogens is 1. The molecule has 4 rings (SSSR count). The predicted molar refractivity (Wildman–Crippen MR) is 111 cm³/mol. The minimum absolute atomic E-state index is 0. The predicted octanol–water partition coefficient (Wildman–Crippen LogP) is 2.64. The molecule has 3 N–H and O–H groups in total. The molecule has 2 aliphatic rings. The Labute approximate surface area is 175 Å². The highest BCUT2D eigenvalue weighted by Crippen LogP contribution is 2.34. The van der Waals surface area contributed by atoms with E-state index in [0.717, 1.165) is 43.0 Å². The van der Waals surface area contributed by atoms with Gasteiger partial charge in [0.1, 0.15) is 0 Å². The van der Waals surface area contributed by atoms with E-state index in [1.165, 1.54) is 0 Å². The fourth-order valence-corrected chi connectivity index (χ4v) is 3.61. The van der Waals surface area contributed by atoms with Crippen molar-refractivity contribution in [2.24, 2.45) is 0 Å². The van der Waals surface area contributed by atoms with Crippen LogP contribution in [0.2, 0.25) is 5.02 Å². The van der Waals surface area contributed by atoms with Crippen LogP contribution in [0, 0.1) is 0 Å². The number of fused-ring (bicyclic) bond motifs is 1. The van der Waals surface area contributed by atoms with Gasteiger partial charge in [0.2, 0.25) is 0 Å². The van der Waals surface area contributed by atoms with Crippen molar-refractivity contribution in [3.63, 3.8) is 0 Å². The minimum atomic E-state index is -0.224. The van der Waals surface area contributed by atoms with Crippen molar-refractivity contribution < 1.29 is 9.53 Å². The molecule has 148 valence electrons. The highest BCUT2D eigenvalue weighted by molar-refractivity contribution is 6.34. The maximum absolute atomic E-state index is 12.8. The van der Waals surface area contributed by atoms with E-state index < -0.39 is 0 Å². The van der Waals surface area contributed by atoms with Crippen LogP contribution in [0.4, 0.5) is 11.4 Å². The van der Waals surface area contributed by atoms with Crippen molar-refractivity contribution >= 4 is 53.7 Å². The second-order valence-corrected chi connectivity index (χ2v) is 6.55. The highest BCUT2D eigenvalue weighted by Gasteiger charge is 2.24. The lowest BCUT2D eigenvalue weighted by molar-refractivity contribution is 0.102. The number of nitrogens with one attached hydrogen (secondary N) is 3.